The Morgan fingerprint density at radius 3 is 2.21 bits per heavy atom. The average molecular weight is 380 g/mol. The Balaban J connectivity index is 1.66. The van der Waals surface area contributed by atoms with Crippen LogP contribution >= 0.6 is 0 Å². The lowest BCUT2D eigenvalue weighted by Crippen LogP contribution is -2.08. The lowest BCUT2D eigenvalue weighted by atomic mass is 9.98. The Morgan fingerprint density at radius 2 is 1.48 bits per heavy atom. The largest absolute Gasteiger partial charge is 0.464 e. The normalized spacial score (nSPS) is 11.4. The molecule has 3 heteroatoms. The molecule has 0 saturated carbocycles. The molecule has 3 nitrogen and oxygen atoms in total. The zero-order chi connectivity index (χ0) is 20.0. The van der Waals surface area contributed by atoms with Gasteiger partial charge in [-0.05, 0) is 41.7 Å². The highest BCUT2D eigenvalue weighted by atomic mass is 16.4. The molecular weight excluding hydrogens is 360 g/mol. The highest BCUT2D eigenvalue weighted by molar-refractivity contribution is 6.02. The summed E-state index contributed by atoms with van der Waals surface area (Å²) in [6.45, 7) is 3.96. The maximum absolute atomic E-state index is 12.2. The van der Waals surface area contributed by atoms with Crippen LogP contribution in [-0.4, -0.2) is 0 Å². The summed E-state index contributed by atoms with van der Waals surface area (Å²) in [7, 11) is 0. The van der Waals surface area contributed by atoms with E-state index in [2.05, 4.69) is 42.5 Å². The zero-order valence-corrected chi connectivity index (χ0v) is 16.4. The second kappa shape index (κ2) is 6.78. The monoisotopic (exact) mass is 380 g/mol. The van der Waals surface area contributed by atoms with Crippen molar-refractivity contribution in [3.8, 4) is 22.3 Å². The second-order valence-electron chi connectivity index (χ2n) is 7.28. The van der Waals surface area contributed by atoms with Crippen LogP contribution in [0.15, 0.2) is 86.6 Å². The Morgan fingerprint density at radius 1 is 0.793 bits per heavy atom. The molecule has 0 aliphatic rings. The number of aryl methyl sites for hydroxylation is 1. The fraction of sp³-hybridized carbons (Fsp3) is 0.115. The quantitative estimate of drug-likeness (QED) is 0.325. The second-order valence-corrected chi connectivity index (χ2v) is 7.28. The SMILES string of the molecule is CCc1c(C)c2cc3c(-c4ccc(-c5ccccc5)cc4)coc3cc2oc1=O. The zero-order valence-electron chi connectivity index (χ0n) is 16.4. The predicted octanol–water partition coefficient (Wildman–Crippen LogP) is 6.74. The maximum atomic E-state index is 12.2. The molecule has 0 radical (unpaired) electrons. The molecule has 0 aliphatic carbocycles. The van der Waals surface area contributed by atoms with Crippen LogP contribution < -0.4 is 5.63 Å². The number of hydrogen-bond donors (Lipinski definition) is 0. The van der Waals surface area contributed by atoms with Gasteiger partial charge in [-0.2, -0.15) is 0 Å². The summed E-state index contributed by atoms with van der Waals surface area (Å²) in [5.41, 5.74) is 7.22. The van der Waals surface area contributed by atoms with Crippen LogP contribution in [0.2, 0.25) is 0 Å². The Kier molecular flexibility index (Phi) is 4.09. The van der Waals surface area contributed by atoms with Gasteiger partial charge in [0.05, 0.1) is 6.26 Å². The summed E-state index contributed by atoms with van der Waals surface area (Å²) in [5, 5.41) is 1.97. The summed E-state index contributed by atoms with van der Waals surface area (Å²) in [6.07, 6.45) is 2.43. The molecule has 0 N–H and O–H groups in total. The number of fused-ring (bicyclic) bond motifs is 2. The number of benzene rings is 3. The van der Waals surface area contributed by atoms with Gasteiger partial charge in [0.15, 0.2) is 0 Å². The van der Waals surface area contributed by atoms with E-state index in [4.69, 9.17) is 8.83 Å². The maximum Gasteiger partial charge on any atom is 0.339 e. The summed E-state index contributed by atoms with van der Waals surface area (Å²) >= 11 is 0. The van der Waals surface area contributed by atoms with Crippen LogP contribution in [0.4, 0.5) is 0 Å². The van der Waals surface area contributed by atoms with E-state index in [0.717, 1.165) is 33.0 Å². The van der Waals surface area contributed by atoms with Crippen molar-refractivity contribution in [2.45, 2.75) is 20.3 Å². The van der Waals surface area contributed by atoms with Crippen LogP contribution in [0, 0.1) is 6.92 Å². The minimum atomic E-state index is -0.264. The van der Waals surface area contributed by atoms with Gasteiger partial charge in [-0.3, -0.25) is 0 Å². The highest BCUT2D eigenvalue weighted by Gasteiger charge is 2.15. The molecule has 5 rings (SSSR count). The van der Waals surface area contributed by atoms with Crippen molar-refractivity contribution < 1.29 is 8.83 Å². The summed E-state index contributed by atoms with van der Waals surface area (Å²) < 4.78 is 11.3. The van der Waals surface area contributed by atoms with Gasteiger partial charge >= 0.3 is 5.63 Å². The van der Waals surface area contributed by atoms with E-state index in [1.807, 2.05) is 38.1 Å². The summed E-state index contributed by atoms with van der Waals surface area (Å²) in [5.74, 6) is 0. The topological polar surface area (TPSA) is 43.4 Å². The van der Waals surface area contributed by atoms with Gasteiger partial charge in [-0.1, -0.05) is 61.5 Å². The molecule has 0 amide bonds. The van der Waals surface area contributed by atoms with Crippen molar-refractivity contribution in [1.82, 2.24) is 0 Å². The first kappa shape index (κ1) is 17.5. The first-order chi connectivity index (χ1) is 14.2. The van der Waals surface area contributed by atoms with Crippen molar-refractivity contribution >= 4 is 21.9 Å². The van der Waals surface area contributed by atoms with Gasteiger partial charge in [-0.25, -0.2) is 4.79 Å². The average Bonchev–Trinajstić information content (AvgIpc) is 3.16. The van der Waals surface area contributed by atoms with Crippen molar-refractivity contribution in [3.63, 3.8) is 0 Å². The molecule has 142 valence electrons. The summed E-state index contributed by atoms with van der Waals surface area (Å²) in [6, 6.07) is 22.7. The molecule has 2 heterocycles. The van der Waals surface area contributed by atoms with Crippen LogP contribution in [0.25, 0.3) is 44.2 Å². The van der Waals surface area contributed by atoms with E-state index >= 15 is 0 Å². The molecule has 2 aromatic heterocycles. The van der Waals surface area contributed by atoms with E-state index in [0.29, 0.717) is 17.6 Å². The molecule has 0 fully saturated rings. The van der Waals surface area contributed by atoms with Gasteiger partial charge in [0.1, 0.15) is 11.2 Å². The predicted molar refractivity (Wildman–Crippen MR) is 117 cm³/mol. The van der Waals surface area contributed by atoms with Crippen LogP contribution in [0.1, 0.15) is 18.1 Å². The highest BCUT2D eigenvalue weighted by Crippen LogP contribution is 2.35. The lowest BCUT2D eigenvalue weighted by Gasteiger charge is -2.07. The third-order valence-electron chi connectivity index (χ3n) is 5.64. The van der Waals surface area contributed by atoms with Crippen molar-refractivity contribution in [2.24, 2.45) is 0 Å². The van der Waals surface area contributed by atoms with Gasteiger partial charge in [0.25, 0.3) is 0 Å². The van der Waals surface area contributed by atoms with E-state index < -0.39 is 0 Å². The van der Waals surface area contributed by atoms with E-state index in [9.17, 15) is 4.79 Å². The van der Waals surface area contributed by atoms with Crippen molar-refractivity contribution in [3.05, 3.63) is 94.5 Å². The molecule has 0 spiro atoms. The first-order valence-electron chi connectivity index (χ1n) is 9.79. The molecule has 0 bridgehead atoms. The van der Waals surface area contributed by atoms with E-state index in [-0.39, 0.29) is 5.63 Å². The lowest BCUT2D eigenvalue weighted by molar-refractivity contribution is 0.548. The van der Waals surface area contributed by atoms with Gasteiger partial charge < -0.3 is 8.83 Å². The molecular formula is C26H20O3. The molecule has 0 saturated heterocycles. The minimum absolute atomic E-state index is 0.264. The third kappa shape index (κ3) is 2.87. The standard InChI is InChI=1S/C26H20O3/c1-3-20-16(2)21-13-22-23(15-28-24(22)14-25(21)29-26(20)27)19-11-9-18(10-12-19)17-7-5-4-6-8-17/h4-15H,3H2,1-2H3. The first-order valence-corrected chi connectivity index (χ1v) is 9.79. The van der Waals surface area contributed by atoms with Gasteiger partial charge in [0, 0.05) is 28.0 Å². The molecule has 0 aliphatic heterocycles. The Labute approximate surface area is 168 Å². The van der Waals surface area contributed by atoms with Gasteiger partial charge in [-0.15, -0.1) is 0 Å². The molecule has 3 aromatic carbocycles. The minimum Gasteiger partial charge on any atom is -0.464 e. The third-order valence-corrected chi connectivity index (χ3v) is 5.64. The van der Waals surface area contributed by atoms with E-state index in [1.54, 1.807) is 6.26 Å². The number of furan rings is 1. The Bertz CT molecular complexity index is 1390. The number of hydrogen-bond acceptors (Lipinski definition) is 3. The van der Waals surface area contributed by atoms with Crippen LogP contribution in [-0.2, 0) is 6.42 Å². The molecule has 0 unspecified atom stereocenters. The van der Waals surface area contributed by atoms with Crippen molar-refractivity contribution in [2.75, 3.05) is 0 Å². The smallest absolute Gasteiger partial charge is 0.339 e. The number of rotatable bonds is 3. The summed E-state index contributed by atoms with van der Waals surface area (Å²) in [4.78, 5) is 12.2. The van der Waals surface area contributed by atoms with Crippen LogP contribution in [0.3, 0.4) is 0 Å². The van der Waals surface area contributed by atoms with Crippen molar-refractivity contribution in [1.29, 1.82) is 0 Å². The molecule has 29 heavy (non-hydrogen) atoms. The van der Waals surface area contributed by atoms with Gasteiger partial charge in [0.2, 0.25) is 0 Å². The fourth-order valence-electron chi connectivity index (χ4n) is 4.02. The Hall–Kier alpha value is -3.59. The van der Waals surface area contributed by atoms with E-state index in [1.165, 1.54) is 11.1 Å². The fourth-order valence-corrected chi connectivity index (χ4v) is 4.02. The molecule has 5 aromatic rings. The molecule has 0 atom stereocenters. The van der Waals surface area contributed by atoms with Crippen LogP contribution in [0.5, 0.6) is 0 Å².